The Morgan fingerprint density at radius 2 is 1.62 bits per heavy atom. The Morgan fingerprint density at radius 3 is 2.19 bits per heavy atom. The van der Waals surface area contributed by atoms with E-state index in [1.807, 2.05) is 0 Å². The third-order valence-electron chi connectivity index (χ3n) is 4.82. The Morgan fingerprint density at radius 1 is 1.05 bits per heavy atom. The van der Waals surface area contributed by atoms with E-state index >= 15 is 0 Å². The second-order valence-corrected chi connectivity index (χ2v) is 8.41. The van der Waals surface area contributed by atoms with E-state index in [4.69, 9.17) is 0 Å². The highest BCUT2D eigenvalue weighted by molar-refractivity contribution is 9.10. The minimum Gasteiger partial charge on any atom is -0.0979 e. The summed E-state index contributed by atoms with van der Waals surface area (Å²) in [6.07, 6.45) is 5.89. The molecule has 21 heavy (non-hydrogen) atoms. The molecule has 0 nitrogen and oxygen atoms in total. The molecule has 1 heteroatoms. The van der Waals surface area contributed by atoms with Gasteiger partial charge in [-0.2, -0.15) is 0 Å². The molecule has 0 atom stereocenters. The Kier molecular flexibility index (Phi) is 4.89. The van der Waals surface area contributed by atoms with Crippen LogP contribution in [-0.4, -0.2) is 0 Å². The lowest BCUT2D eigenvalue weighted by atomic mass is 9.63. The zero-order chi connectivity index (χ0) is 15.7. The zero-order valence-electron chi connectivity index (χ0n) is 14.1. The molecule has 1 aliphatic rings. The Labute approximate surface area is 138 Å². The largest absolute Gasteiger partial charge is 0.0979 e. The van der Waals surface area contributed by atoms with Gasteiger partial charge in [0.1, 0.15) is 0 Å². The van der Waals surface area contributed by atoms with Crippen molar-refractivity contribution in [3.63, 3.8) is 0 Å². The van der Waals surface area contributed by atoms with Gasteiger partial charge in [-0.3, -0.25) is 0 Å². The number of fused-ring (bicyclic) bond motifs is 1. The van der Waals surface area contributed by atoms with Gasteiger partial charge >= 0.3 is 0 Å². The second kappa shape index (κ2) is 6.17. The number of unbranched alkanes of at least 4 members (excludes halogenated alkanes) is 2. The first-order valence-corrected chi connectivity index (χ1v) is 8.90. The molecule has 1 aromatic carbocycles. The number of hydrogen-bond acceptors (Lipinski definition) is 0. The van der Waals surface area contributed by atoms with Gasteiger partial charge in [-0.05, 0) is 69.3 Å². The van der Waals surface area contributed by atoms with E-state index in [1.54, 1.807) is 0 Å². The molecule has 0 radical (unpaired) electrons. The number of halogens is 1. The molecule has 0 N–H and O–H groups in total. The van der Waals surface area contributed by atoms with Crippen LogP contribution in [0.15, 0.2) is 16.6 Å². The van der Waals surface area contributed by atoms with Crippen molar-refractivity contribution in [3.05, 3.63) is 33.3 Å². The molecule has 114 valence electrons. The van der Waals surface area contributed by atoms with Gasteiger partial charge in [0, 0.05) is 16.5 Å². The molecule has 0 saturated carbocycles. The maximum atomic E-state index is 3.73. The van der Waals surface area contributed by atoms with Crippen molar-refractivity contribution in [3.8, 4) is 11.8 Å². The molecule has 0 fully saturated rings. The Hall–Kier alpha value is -0.740. The van der Waals surface area contributed by atoms with Crippen LogP contribution in [0.5, 0.6) is 0 Å². The van der Waals surface area contributed by atoms with Gasteiger partial charge in [0.15, 0.2) is 0 Å². The second-order valence-electron chi connectivity index (χ2n) is 7.55. The first-order chi connectivity index (χ1) is 9.78. The van der Waals surface area contributed by atoms with Crippen LogP contribution in [0.1, 0.15) is 83.4 Å². The summed E-state index contributed by atoms with van der Waals surface area (Å²) in [4.78, 5) is 0. The summed E-state index contributed by atoms with van der Waals surface area (Å²) in [5.74, 6) is 6.68. The Bertz CT molecular complexity index is 582. The number of rotatable bonds is 2. The summed E-state index contributed by atoms with van der Waals surface area (Å²) in [5, 5.41) is 0. The van der Waals surface area contributed by atoms with E-state index in [0.717, 1.165) is 16.5 Å². The van der Waals surface area contributed by atoms with Crippen LogP contribution in [0.4, 0.5) is 0 Å². The van der Waals surface area contributed by atoms with Crippen molar-refractivity contribution < 1.29 is 0 Å². The first-order valence-electron chi connectivity index (χ1n) is 8.11. The average molecular weight is 347 g/mol. The van der Waals surface area contributed by atoms with Crippen LogP contribution in [0.2, 0.25) is 0 Å². The highest BCUT2D eigenvalue weighted by atomic mass is 79.9. The van der Waals surface area contributed by atoms with Crippen molar-refractivity contribution in [1.29, 1.82) is 0 Å². The standard InChI is InChI=1S/C20H27Br/c1-6-7-8-9-10-15-13-16-17(14-18(15)21)20(4,5)12-11-19(16,2)3/h13-14H,6-8,11-12H2,1-5H3. The van der Waals surface area contributed by atoms with Crippen LogP contribution in [0, 0.1) is 11.8 Å². The van der Waals surface area contributed by atoms with Crippen molar-refractivity contribution in [1.82, 2.24) is 0 Å². The van der Waals surface area contributed by atoms with Gasteiger partial charge < -0.3 is 0 Å². The van der Waals surface area contributed by atoms with E-state index in [0.29, 0.717) is 0 Å². The van der Waals surface area contributed by atoms with Gasteiger partial charge in [0.25, 0.3) is 0 Å². The highest BCUT2D eigenvalue weighted by Gasteiger charge is 2.37. The molecular weight excluding hydrogens is 320 g/mol. The van der Waals surface area contributed by atoms with Gasteiger partial charge in [0.2, 0.25) is 0 Å². The fourth-order valence-corrected chi connectivity index (χ4v) is 3.55. The summed E-state index contributed by atoms with van der Waals surface area (Å²) in [7, 11) is 0. The molecule has 0 aromatic heterocycles. The van der Waals surface area contributed by atoms with Crippen LogP contribution in [0.3, 0.4) is 0 Å². The molecule has 2 rings (SSSR count). The van der Waals surface area contributed by atoms with Gasteiger partial charge in [-0.15, -0.1) is 0 Å². The highest BCUT2D eigenvalue weighted by Crippen LogP contribution is 2.47. The van der Waals surface area contributed by atoms with Crippen molar-refractivity contribution in [2.75, 3.05) is 0 Å². The fraction of sp³-hybridized carbons (Fsp3) is 0.600. The molecule has 0 amide bonds. The molecular formula is C20H27Br. The van der Waals surface area contributed by atoms with Crippen LogP contribution in [-0.2, 0) is 10.8 Å². The number of hydrogen-bond donors (Lipinski definition) is 0. The van der Waals surface area contributed by atoms with Gasteiger partial charge in [-0.1, -0.05) is 52.9 Å². The van der Waals surface area contributed by atoms with Gasteiger partial charge in [-0.25, -0.2) is 0 Å². The predicted molar refractivity (Wildman–Crippen MR) is 95.8 cm³/mol. The lowest BCUT2D eigenvalue weighted by Gasteiger charge is -2.42. The zero-order valence-corrected chi connectivity index (χ0v) is 15.7. The third kappa shape index (κ3) is 3.54. The fourth-order valence-electron chi connectivity index (χ4n) is 3.11. The van der Waals surface area contributed by atoms with Gasteiger partial charge in [0.05, 0.1) is 0 Å². The van der Waals surface area contributed by atoms with E-state index in [-0.39, 0.29) is 10.8 Å². The molecule has 0 saturated heterocycles. The topological polar surface area (TPSA) is 0 Å². The number of benzene rings is 1. The minimum atomic E-state index is 0.255. The quantitative estimate of drug-likeness (QED) is 0.432. The van der Waals surface area contributed by atoms with Crippen LogP contribution in [0.25, 0.3) is 0 Å². The molecule has 0 heterocycles. The van der Waals surface area contributed by atoms with Crippen molar-refractivity contribution in [2.24, 2.45) is 0 Å². The maximum Gasteiger partial charge on any atom is 0.0390 e. The van der Waals surface area contributed by atoms with Crippen LogP contribution < -0.4 is 0 Å². The molecule has 0 aliphatic heterocycles. The monoisotopic (exact) mass is 346 g/mol. The molecule has 1 aliphatic carbocycles. The van der Waals surface area contributed by atoms with E-state index in [9.17, 15) is 0 Å². The molecule has 0 spiro atoms. The smallest absolute Gasteiger partial charge is 0.0390 e. The molecule has 0 bridgehead atoms. The van der Waals surface area contributed by atoms with Crippen molar-refractivity contribution in [2.45, 2.75) is 77.6 Å². The first kappa shape index (κ1) is 16.6. The summed E-state index contributed by atoms with van der Waals surface area (Å²) >= 11 is 3.73. The molecule has 0 unspecified atom stereocenters. The van der Waals surface area contributed by atoms with E-state index < -0.39 is 0 Å². The third-order valence-corrected chi connectivity index (χ3v) is 5.47. The Balaban J connectivity index is 2.46. The lowest BCUT2D eigenvalue weighted by molar-refractivity contribution is 0.331. The molecule has 1 aromatic rings. The lowest BCUT2D eigenvalue weighted by Crippen LogP contribution is -2.33. The van der Waals surface area contributed by atoms with E-state index in [2.05, 4.69) is 74.5 Å². The minimum absolute atomic E-state index is 0.255. The van der Waals surface area contributed by atoms with E-state index in [1.165, 1.54) is 36.8 Å². The SMILES string of the molecule is CCCCC#Cc1cc2c(cc1Br)C(C)(C)CCC2(C)C. The summed E-state index contributed by atoms with van der Waals surface area (Å²) < 4.78 is 1.15. The normalized spacial score (nSPS) is 18.6. The summed E-state index contributed by atoms with van der Waals surface area (Å²) in [6, 6.07) is 4.65. The van der Waals surface area contributed by atoms with Crippen LogP contribution >= 0.6 is 15.9 Å². The average Bonchev–Trinajstić information content (AvgIpc) is 2.41. The predicted octanol–water partition coefficient (Wildman–Crippen LogP) is 6.34. The summed E-state index contributed by atoms with van der Waals surface area (Å²) in [6.45, 7) is 11.7. The van der Waals surface area contributed by atoms with Crippen molar-refractivity contribution >= 4 is 15.9 Å². The summed E-state index contributed by atoms with van der Waals surface area (Å²) in [5.41, 5.74) is 4.65. The maximum absolute atomic E-state index is 3.73.